The van der Waals surface area contributed by atoms with Crippen molar-refractivity contribution >= 4 is 45.8 Å². The Hall–Kier alpha value is -6.70. The molecule has 1 unspecified atom stereocenters. The third-order valence-corrected chi connectivity index (χ3v) is 12.3. The molecule has 14 nitrogen and oxygen atoms in total. The van der Waals surface area contributed by atoms with Crippen LogP contribution >= 0.6 is 0 Å². The topological polar surface area (TPSA) is 175 Å². The van der Waals surface area contributed by atoms with Gasteiger partial charge in [0.05, 0.1) is 49.2 Å². The van der Waals surface area contributed by atoms with E-state index >= 15 is 0 Å². The number of ether oxygens (including phenoxy) is 2. The number of benzene rings is 4. The van der Waals surface area contributed by atoms with Crippen molar-refractivity contribution in [2.75, 3.05) is 27.3 Å². The van der Waals surface area contributed by atoms with Crippen LogP contribution in [0.5, 0.6) is 0 Å². The zero-order valence-electron chi connectivity index (χ0n) is 36.0. The van der Waals surface area contributed by atoms with E-state index in [-0.39, 0.29) is 35.7 Å². The van der Waals surface area contributed by atoms with Gasteiger partial charge in [0.15, 0.2) is 0 Å². The number of carbonyl (C=O) groups excluding carboxylic acids is 4. The minimum atomic E-state index is -0.690. The number of aromatic nitrogens is 4. The van der Waals surface area contributed by atoms with Crippen LogP contribution in [0.25, 0.3) is 55.3 Å². The highest BCUT2D eigenvalue weighted by Crippen LogP contribution is 2.36. The SMILES string of the molecule is COC(=O)NC(C(=O)N1CCC[C@H]1c1ncc(-c2ccc(-c3ccc4cc(-c5ccc6nc([C@@H]7CCCN7C(=O)[C@@H](NC(=O)OC)C(C)C)[nH]c6c5)ccc4c3)cc2)[nH]1)C(C)C. The van der Waals surface area contributed by atoms with Gasteiger partial charge in [-0.25, -0.2) is 19.6 Å². The number of hydrogen-bond donors (Lipinski definition) is 4. The van der Waals surface area contributed by atoms with Crippen molar-refractivity contribution in [3.63, 3.8) is 0 Å². The van der Waals surface area contributed by atoms with E-state index in [2.05, 4.69) is 93.4 Å². The molecule has 8 rings (SSSR count). The number of nitrogens with one attached hydrogen (secondary N) is 4. The van der Waals surface area contributed by atoms with Gasteiger partial charge in [-0.1, -0.05) is 82.3 Å². The van der Waals surface area contributed by atoms with Crippen molar-refractivity contribution in [1.82, 2.24) is 40.4 Å². The number of aromatic amines is 2. The van der Waals surface area contributed by atoms with Gasteiger partial charge >= 0.3 is 12.2 Å². The molecule has 0 spiro atoms. The van der Waals surface area contributed by atoms with E-state index in [1.807, 2.05) is 49.8 Å². The van der Waals surface area contributed by atoms with E-state index in [1.165, 1.54) is 14.2 Å². The maximum atomic E-state index is 13.7. The summed E-state index contributed by atoms with van der Waals surface area (Å²) in [5, 5.41) is 7.67. The van der Waals surface area contributed by atoms with Crippen molar-refractivity contribution < 1.29 is 28.7 Å². The first-order chi connectivity index (χ1) is 29.9. The summed E-state index contributed by atoms with van der Waals surface area (Å²) in [4.78, 5) is 71.5. The minimum Gasteiger partial charge on any atom is -0.453 e. The maximum Gasteiger partial charge on any atom is 0.407 e. The molecule has 4 N–H and O–H groups in total. The molecule has 2 aliphatic rings. The molecular formula is C48H54N8O6. The van der Waals surface area contributed by atoms with Crippen LogP contribution in [-0.2, 0) is 19.1 Å². The lowest BCUT2D eigenvalue weighted by Gasteiger charge is -2.30. The Balaban J connectivity index is 0.951. The standard InChI is InChI=1S/C48H54N8O6/c1-27(2)41(53-47(59)61-5)45(57)55-21-7-9-39(55)43-49-26-38(52-43)30-13-11-29(12-14-30)31-15-16-33-24-34(18-17-32(33)23-31)35-19-20-36-37(25-35)51-44(50-36)40-10-8-22-56(40)46(58)42(28(3)4)54-48(60)62-6/h11-20,23-28,39-42H,7-10,21-22H2,1-6H3,(H,49,52)(H,50,51)(H,53,59)(H,54,60)/t39-,40-,41?,42-/m0/s1. The molecule has 0 bridgehead atoms. The number of alkyl carbamates (subject to hydrolysis) is 2. The van der Waals surface area contributed by atoms with Gasteiger partial charge in [-0.05, 0) is 100 Å². The number of H-pyrrole nitrogens is 2. The summed E-state index contributed by atoms with van der Waals surface area (Å²) in [6.45, 7) is 8.82. The molecule has 322 valence electrons. The predicted molar refractivity (Wildman–Crippen MR) is 238 cm³/mol. The van der Waals surface area contributed by atoms with E-state index < -0.39 is 24.3 Å². The van der Waals surface area contributed by atoms with Gasteiger partial charge in [0.1, 0.15) is 23.7 Å². The van der Waals surface area contributed by atoms with Gasteiger partial charge in [0, 0.05) is 13.1 Å². The van der Waals surface area contributed by atoms with Crippen molar-refractivity contribution in [2.45, 2.75) is 77.5 Å². The number of amides is 4. The molecule has 2 aliphatic heterocycles. The number of methoxy groups -OCH3 is 2. The van der Waals surface area contributed by atoms with Crippen LogP contribution in [0.4, 0.5) is 9.59 Å². The summed E-state index contributed by atoms with van der Waals surface area (Å²) >= 11 is 0. The van der Waals surface area contributed by atoms with E-state index in [0.717, 1.165) is 92.6 Å². The molecule has 14 heteroatoms. The molecule has 2 saturated heterocycles. The second kappa shape index (κ2) is 17.7. The van der Waals surface area contributed by atoms with Crippen LogP contribution < -0.4 is 10.6 Å². The quantitative estimate of drug-likeness (QED) is 0.100. The van der Waals surface area contributed by atoms with Gasteiger partial charge in [-0.3, -0.25) is 9.59 Å². The van der Waals surface area contributed by atoms with Crippen molar-refractivity contribution in [1.29, 1.82) is 0 Å². The molecular weight excluding hydrogens is 785 g/mol. The average molecular weight is 839 g/mol. The molecule has 62 heavy (non-hydrogen) atoms. The normalized spacial score (nSPS) is 17.5. The fourth-order valence-corrected chi connectivity index (χ4v) is 8.85. The first-order valence-electron chi connectivity index (χ1n) is 21.4. The van der Waals surface area contributed by atoms with Gasteiger partial charge in [0.25, 0.3) is 0 Å². The summed E-state index contributed by atoms with van der Waals surface area (Å²) in [6.07, 6.45) is 3.85. The average Bonchev–Trinajstić information content (AvgIpc) is 4.12. The van der Waals surface area contributed by atoms with Gasteiger partial charge in [0.2, 0.25) is 11.8 Å². The zero-order chi connectivity index (χ0) is 43.7. The summed E-state index contributed by atoms with van der Waals surface area (Å²) in [5.74, 6) is 0.996. The molecule has 0 saturated carbocycles. The zero-order valence-corrected chi connectivity index (χ0v) is 36.0. The fourth-order valence-electron chi connectivity index (χ4n) is 8.85. The minimum absolute atomic E-state index is 0.104. The smallest absolute Gasteiger partial charge is 0.407 e. The molecule has 4 amide bonds. The third-order valence-electron chi connectivity index (χ3n) is 12.3. The molecule has 0 radical (unpaired) electrons. The molecule has 2 fully saturated rings. The van der Waals surface area contributed by atoms with Gasteiger partial charge < -0.3 is 39.9 Å². The molecule has 4 atom stereocenters. The van der Waals surface area contributed by atoms with Crippen LogP contribution in [0.2, 0.25) is 0 Å². The fraction of sp³-hybridized carbons (Fsp3) is 0.375. The van der Waals surface area contributed by atoms with E-state index in [1.54, 1.807) is 0 Å². The maximum absolute atomic E-state index is 13.7. The van der Waals surface area contributed by atoms with Gasteiger partial charge in [-0.2, -0.15) is 0 Å². The number of likely N-dealkylation sites (tertiary alicyclic amines) is 2. The number of carbonyl (C=O) groups is 4. The summed E-state index contributed by atoms with van der Waals surface area (Å²) in [7, 11) is 2.59. The second-order valence-electron chi connectivity index (χ2n) is 17.0. The summed E-state index contributed by atoms with van der Waals surface area (Å²) in [5.41, 5.74) is 7.93. The van der Waals surface area contributed by atoms with Crippen LogP contribution in [0, 0.1) is 11.8 Å². The van der Waals surface area contributed by atoms with Crippen molar-refractivity contribution in [3.05, 3.63) is 96.7 Å². The number of imidazole rings is 2. The highest BCUT2D eigenvalue weighted by Gasteiger charge is 2.39. The van der Waals surface area contributed by atoms with Crippen molar-refractivity contribution in [3.8, 4) is 33.5 Å². The van der Waals surface area contributed by atoms with E-state index in [4.69, 9.17) is 19.4 Å². The number of nitrogens with zero attached hydrogens (tertiary/aromatic N) is 4. The van der Waals surface area contributed by atoms with E-state index in [9.17, 15) is 19.2 Å². The summed E-state index contributed by atoms with van der Waals surface area (Å²) < 4.78 is 9.55. The second-order valence-corrected chi connectivity index (χ2v) is 17.0. The monoisotopic (exact) mass is 838 g/mol. The molecule has 2 aromatic heterocycles. The lowest BCUT2D eigenvalue weighted by Crippen LogP contribution is -2.51. The first-order valence-corrected chi connectivity index (χ1v) is 21.4. The highest BCUT2D eigenvalue weighted by molar-refractivity contribution is 5.92. The number of rotatable bonds is 11. The van der Waals surface area contributed by atoms with Crippen LogP contribution in [0.1, 0.15) is 77.1 Å². The molecule has 4 heterocycles. The largest absolute Gasteiger partial charge is 0.453 e. The van der Waals surface area contributed by atoms with Gasteiger partial charge in [-0.15, -0.1) is 0 Å². The van der Waals surface area contributed by atoms with Crippen LogP contribution in [-0.4, -0.2) is 93.1 Å². The first kappa shape index (κ1) is 42.0. The Labute approximate surface area is 360 Å². The van der Waals surface area contributed by atoms with Crippen LogP contribution in [0.3, 0.4) is 0 Å². The Bertz CT molecular complexity index is 2620. The lowest BCUT2D eigenvalue weighted by molar-refractivity contribution is -0.136. The van der Waals surface area contributed by atoms with Crippen molar-refractivity contribution in [2.24, 2.45) is 11.8 Å². The predicted octanol–water partition coefficient (Wildman–Crippen LogP) is 8.53. The Morgan fingerprint density at radius 1 is 0.629 bits per heavy atom. The Morgan fingerprint density at radius 2 is 1.11 bits per heavy atom. The summed E-state index contributed by atoms with van der Waals surface area (Å²) in [6, 6.07) is 25.8. The third kappa shape index (κ3) is 8.46. The molecule has 6 aromatic rings. The van der Waals surface area contributed by atoms with E-state index in [0.29, 0.717) is 13.1 Å². The highest BCUT2D eigenvalue weighted by atomic mass is 16.5. The molecule has 0 aliphatic carbocycles. The number of fused-ring (bicyclic) bond motifs is 2. The Kier molecular flexibility index (Phi) is 12.0. The lowest BCUT2D eigenvalue weighted by atomic mass is 9.97. The van der Waals surface area contributed by atoms with Crippen LogP contribution in [0.15, 0.2) is 85.1 Å². The molecule has 4 aromatic carbocycles. The Morgan fingerprint density at radius 3 is 1.66 bits per heavy atom. The number of hydrogen-bond acceptors (Lipinski definition) is 8.